The molecule has 0 aromatic heterocycles. The first-order valence-corrected chi connectivity index (χ1v) is 5.21. The molecule has 3 aliphatic heterocycles. The molecule has 1 spiro atoms. The molecule has 0 aromatic rings. The molecule has 0 amide bonds. The summed E-state index contributed by atoms with van der Waals surface area (Å²) in [6.07, 6.45) is 4.18. The average Bonchev–Trinajstić information content (AvgIpc) is 2.76. The molecule has 3 rings (SSSR count). The fraction of sp³-hybridized carbons (Fsp3) is 0.800. The quantitative estimate of drug-likeness (QED) is 0.611. The maximum Gasteiger partial charge on any atom is 0.175 e. The lowest BCUT2D eigenvalue weighted by atomic mass is 10.0. The van der Waals surface area contributed by atoms with E-state index in [1.807, 2.05) is 0 Å². The Hall–Kier alpha value is -0.580. The lowest BCUT2D eigenvalue weighted by Crippen LogP contribution is -2.45. The molecule has 0 bridgehead atoms. The van der Waals surface area contributed by atoms with Gasteiger partial charge in [0.1, 0.15) is 6.23 Å². The Balaban J connectivity index is 1.78. The third-order valence-electron chi connectivity index (χ3n) is 3.29. The molecule has 0 saturated carbocycles. The van der Waals surface area contributed by atoms with E-state index in [9.17, 15) is 5.11 Å². The van der Waals surface area contributed by atoms with Crippen LogP contribution in [0.25, 0.3) is 0 Å². The van der Waals surface area contributed by atoms with Gasteiger partial charge < -0.3 is 19.5 Å². The van der Waals surface area contributed by atoms with Crippen molar-refractivity contribution in [1.82, 2.24) is 4.90 Å². The molecule has 4 heteroatoms. The molecule has 2 saturated heterocycles. The lowest BCUT2D eigenvalue weighted by Gasteiger charge is -2.39. The number of hydrogen-bond donors (Lipinski definition) is 1. The summed E-state index contributed by atoms with van der Waals surface area (Å²) >= 11 is 0. The van der Waals surface area contributed by atoms with Gasteiger partial charge >= 0.3 is 0 Å². The molecule has 1 atom stereocenters. The second-order valence-corrected chi connectivity index (χ2v) is 4.14. The van der Waals surface area contributed by atoms with Crippen molar-refractivity contribution in [3.8, 4) is 0 Å². The fourth-order valence-electron chi connectivity index (χ4n) is 2.54. The molecule has 3 aliphatic rings. The Bertz CT molecular complexity index is 271. The van der Waals surface area contributed by atoms with Crippen LogP contribution in [0.1, 0.15) is 19.3 Å². The summed E-state index contributed by atoms with van der Waals surface area (Å²) < 4.78 is 11.3. The first kappa shape index (κ1) is 8.71. The summed E-state index contributed by atoms with van der Waals surface area (Å²) in [6.45, 7) is 2.25. The Morgan fingerprint density at radius 1 is 1.43 bits per heavy atom. The smallest absolute Gasteiger partial charge is 0.175 e. The highest BCUT2D eigenvalue weighted by molar-refractivity contribution is 5.14. The van der Waals surface area contributed by atoms with E-state index in [0.717, 1.165) is 25.8 Å². The summed E-state index contributed by atoms with van der Waals surface area (Å²) in [6, 6.07) is 0. The largest absolute Gasteiger partial charge is 0.373 e. The normalized spacial score (nSPS) is 34.8. The Kier molecular flexibility index (Phi) is 1.84. The van der Waals surface area contributed by atoms with Crippen molar-refractivity contribution in [1.29, 1.82) is 0 Å². The lowest BCUT2D eigenvalue weighted by molar-refractivity contribution is -0.181. The third-order valence-corrected chi connectivity index (χ3v) is 3.29. The number of piperidine rings is 1. The van der Waals surface area contributed by atoms with E-state index < -0.39 is 0 Å². The number of aliphatic hydroxyl groups excluding tert-OH is 1. The molecular formula is C10H15NO3. The summed E-state index contributed by atoms with van der Waals surface area (Å²) in [5, 5.41) is 9.65. The monoisotopic (exact) mass is 197 g/mol. The number of aliphatic hydroxyl groups is 1. The first-order valence-electron chi connectivity index (χ1n) is 5.21. The molecular weight excluding hydrogens is 182 g/mol. The van der Waals surface area contributed by atoms with E-state index in [0.29, 0.717) is 13.2 Å². The Morgan fingerprint density at radius 3 is 3.00 bits per heavy atom. The minimum atomic E-state index is -0.369. The van der Waals surface area contributed by atoms with Crippen molar-refractivity contribution < 1.29 is 14.6 Å². The SMILES string of the molecule is OC1CC=C2CC3(CCN21)OCCO3. The molecule has 4 nitrogen and oxygen atoms in total. The van der Waals surface area contributed by atoms with Crippen LogP contribution in [0.3, 0.4) is 0 Å². The van der Waals surface area contributed by atoms with Crippen LogP contribution in [-0.2, 0) is 9.47 Å². The van der Waals surface area contributed by atoms with Gasteiger partial charge in [0, 0.05) is 31.5 Å². The minimum Gasteiger partial charge on any atom is -0.373 e. The van der Waals surface area contributed by atoms with Crippen LogP contribution >= 0.6 is 0 Å². The number of hydrogen-bond acceptors (Lipinski definition) is 4. The fourth-order valence-corrected chi connectivity index (χ4v) is 2.54. The second-order valence-electron chi connectivity index (χ2n) is 4.14. The molecule has 78 valence electrons. The minimum absolute atomic E-state index is 0.316. The van der Waals surface area contributed by atoms with Crippen molar-refractivity contribution in [3.63, 3.8) is 0 Å². The maximum absolute atomic E-state index is 9.65. The van der Waals surface area contributed by atoms with Crippen molar-refractivity contribution in [2.24, 2.45) is 0 Å². The molecule has 2 fully saturated rings. The van der Waals surface area contributed by atoms with Crippen LogP contribution in [0.2, 0.25) is 0 Å². The number of fused-ring (bicyclic) bond motifs is 1. The highest BCUT2D eigenvalue weighted by atomic mass is 16.7. The van der Waals surface area contributed by atoms with E-state index in [1.165, 1.54) is 5.70 Å². The number of ether oxygens (including phenoxy) is 2. The van der Waals surface area contributed by atoms with Gasteiger partial charge in [0.15, 0.2) is 5.79 Å². The second kappa shape index (κ2) is 2.95. The predicted octanol–water partition coefficient (Wildman–Crippen LogP) is 0.431. The summed E-state index contributed by atoms with van der Waals surface area (Å²) in [5.41, 5.74) is 1.19. The number of nitrogens with zero attached hydrogens (tertiary/aromatic N) is 1. The van der Waals surface area contributed by atoms with Crippen molar-refractivity contribution in [2.45, 2.75) is 31.3 Å². The van der Waals surface area contributed by atoms with Crippen LogP contribution in [0.15, 0.2) is 11.8 Å². The molecule has 0 aromatic carbocycles. The topological polar surface area (TPSA) is 41.9 Å². The highest BCUT2D eigenvalue weighted by Crippen LogP contribution is 2.39. The van der Waals surface area contributed by atoms with Crippen LogP contribution in [0.4, 0.5) is 0 Å². The molecule has 14 heavy (non-hydrogen) atoms. The molecule has 0 aliphatic carbocycles. The van der Waals surface area contributed by atoms with Crippen LogP contribution in [0, 0.1) is 0 Å². The molecule has 1 unspecified atom stereocenters. The van der Waals surface area contributed by atoms with Gasteiger partial charge in [0.05, 0.1) is 13.2 Å². The average molecular weight is 197 g/mol. The van der Waals surface area contributed by atoms with Crippen molar-refractivity contribution >= 4 is 0 Å². The van der Waals surface area contributed by atoms with Gasteiger partial charge in [-0.25, -0.2) is 0 Å². The Labute approximate surface area is 83.1 Å². The van der Waals surface area contributed by atoms with Gasteiger partial charge in [0.25, 0.3) is 0 Å². The van der Waals surface area contributed by atoms with Crippen LogP contribution < -0.4 is 0 Å². The summed E-state index contributed by atoms with van der Waals surface area (Å²) in [4.78, 5) is 2.05. The van der Waals surface area contributed by atoms with E-state index in [4.69, 9.17) is 9.47 Å². The summed E-state index contributed by atoms with van der Waals surface area (Å²) in [7, 11) is 0. The van der Waals surface area contributed by atoms with Crippen LogP contribution in [-0.4, -0.2) is 41.8 Å². The van der Waals surface area contributed by atoms with Gasteiger partial charge in [0.2, 0.25) is 0 Å². The zero-order valence-corrected chi connectivity index (χ0v) is 8.11. The molecule has 0 radical (unpaired) electrons. The van der Waals surface area contributed by atoms with Crippen molar-refractivity contribution in [2.75, 3.05) is 19.8 Å². The highest BCUT2D eigenvalue weighted by Gasteiger charge is 2.44. The van der Waals surface area contributed by atoms with Crippen molar-refractivity contribution in [3.05, 3.63) is 11.8 Å². The third kappa shape index (κ3) is 1.18. The summed E-state index contributed by atoms with van der Waals surface area (Å²) in [5.74, 6) is -0.369. The first-order chi connectivity index (χ1) is 6.79. The van der Waals surface area contributed by atoms with E-state index in [1.54, 1.807) is 0 Å². The standard InChI is InChI=1S/C10H15NO3/c12-9-2-1-8-7-10(3-4-11(8)9)13-5-6-14-10/h1,9,12H,2-7H2. The zero-order valence-electron chi connectivity index (χ0n) is 8.11. The predicted molar refractivity (Wildman–Crippen MR) is 49.3 cm³/mol. The van der Waals surface area contributed by atoms with E-state index in [2.05, 4.69) is 11.0 Å². The molecule has 1 N–H and O–H groups in total. The van der Waals surface area contributed by atoms with Gasteiger partial charge in [-0.3, -0.25) is 0 Å². The number of rotatable bonds is 0. The van der Waals surface area contributed by atoms with Gasteiger partial charge in [-0.2, -0.15) is 0 Å². The van der Waals surface area contributed by atoms with E-state index in [-0.39, 0.29) is 12.0 Å². The van der Waals surface area contributed by atoms with E-state index >= 15 is 0 Å². The van der Waals surface area contributed by atoms with Crippen LogP contribution in [0.5, 0.6) is 0 Å². The maximum atomic E-state index is 9.65. The molecule has 3 heterocycles. The van der Waals surface area contributed by atoms with Gasteiger partial charge in [-0.05, 0) is 0 Å². The Morgan fingerprint density at radius 2 is 2.21 bits per heavy atom. The zero-order chi connectivity index (χ0) is 9.60. The van der Waals surface area contributed by atoms with Gasteiger partial charge in [-0.15, -0.1) is 0 Å². The van der Waals surface area contributed by atoms with Gasteiger partial charge in [-0.1, -0.05) is 6.08 Å².